The highest BCUT2D eigenvalue weighted by molar-refractivity contribution is 5.85. The molecule has 1 aromatic carbocycles. The average molecular weight is 164 g/mol. The van der Waals surface area contributed by atoms with Gasteiger partial charge in [-0.3, -0.25) is 0 Å². The van der Waals surface area contributed by atoms with Gasteiger partial charge in [0.2, 0.25) is 0 Å². The van der Waals surface area contributed by atoms with Crippen LogP contribution in [0, 0.1) is 5.82 Å². The molecule has 2 nitrogen and oxygen atoms in total. The van der Waals surface area contributed by atoms with Gasteiger partial charge in [-0.2, -0.15) is 0 Å². The van der Waals surface area contributed by atoms with Gasteiger partial charge in [0.15, 0.2) is 0 Å². The number of rotatable bonds is 0. The zero-order valence-corrected chi connectivity index (χ0v) is 5.86. The zero-order chi connectivity index (χ0) is 6.85. The zero-order valence-electron chi connectivity index (χ0n) is 5.04. The maximum atomic E-state index is 12.1. The number of anilines is 1. The van der Waals surface area contributed by atoms with E-state index in [4.69, 9.17) is 10.8 Å². The minimum absolute atomic E-state index is 0. The van der Waals surface area contributed by atoms with E-state index in [1.54, 1.807) is 0 Å². The topological polar surface area (TPSA) is 46.2 Å². The number of nitrogens with two attached hydrogens (primary N) is 1. The van der Waals surface area contributed by atoms with Crippen LogP contribution in [0.4, 0.5) is 10.1 Å². The third-order valence-corrected chi connectivity index (χ3v) is 0.992. The summed E-state index contributed by atoms with van der Waals surface area (Å²) in [6.45, 7) is 0. The first kappa shape index (κ1) is 9.04. The molecular formula is C6H7ClFNO. The van der Waals surface area contributed by atoms with Crippen LogP contribution in [0.5, 0.6) is 5.75 Å². The molecule has 0 aromatic heterocycles. The van der Waals surface area contributed by atoms with Gasteiger partial charge in [-0.1, -0.05) is 0 Å². The van der Waals surface area contributed by atoms with Crippen LogP contribution < -0.4 is 5.73 Å². The predicted molar refractivity (Wildman–Crippen MR) is 39.7 cm³/mol. The van der Waals surface area contributed by atoms with E-state index < -0.39 is 5.82 Å². The molecular weight excluding hydrogens is 157 g/mol. The lowest BCUT2D eigenvalue weighted by Gasteiger charge is -1.94. The Balaban J connectivity index is 0.000000810. The summed E-state index contributed by atoms with van der Waals surface area (Å²) in [5.74, 6) is -0.697. The summed E-state index contributed by atoms with van der Waals surface area (Å²) in [5.41, 5.74) is 5.36. The largest absolute Gasteiger partial charge is 0.506 e. The molecule has 4 heteroatoms. The van der Waals surface area contributed by atoms with Crippen LogP contribution in [0.15, 0.2) is 18.2 Å². The van der Waals surface area contributed by atoms with Crippen LogP contribution in [0.3, 0.4) is 0 Å². The molecule has 0 amide bonds. The Bertz CT molecular complexity index is 229. The van der Waals surface area contributed by atoms with Crippen molar-refractivity contribution >= 4 is 18.1 Å². The van der Waals surface area contributed by atoms with Crippen LogP contribution in [-0.2, 0) is 0 Å². The second-order valence-corrected chi connectivity index (χ2v) is 1.70. The van der Waals surface area contributed by atoms with Crippen LogP contribution in [0.2, 0.25) is 0 Å². The van der Waals surface area contributed by atoms with Crippen LogP contribution in [0.1, 0.15) is 0 Å². The molecule has 0 unspecified atom stereocenters. The summed E-state index contributed by atoms with van der Waals surface area (Å²) in [5, 5.41) is 8.74. The molecule has 1 rings (SSSR count). The van der Waals surface area contributed by atoms with Gasteiger partial charge in [-0.05, 0) is 12.1 Å². The molecule has 0 radical (unpaired) electrons. The standard InChI is InChI=1S/C6H6FNO.ClH/c7-4-1-2-5(8)6(9)3-4;/h1-3,9H,8H2;1H. The second kappa shape index (κ2) is 3.27. The summed E-state index contributed by atoms with van der Waals surface area (Å²) in [4.78, 5) is 0. The van der Waals surface area contributed by atoms with Crippen molar-refractivity contribution in [1.82, 2.24) is 0 Å². The Morgan fingerprint density at radius 2 is 2.00 bits per heavy atom. The molecule has 0 saturated heterocycles. The van der Waals surface area contributed by atoms with Gasteiger partial charge >= 0.3 is 0 Å². The number of phenols is 1. The third kappa shape index (κ3) is 1.77. The molecule has 1 aromatic rings. The van der Waals surface area contributed by atoms with Crippen molar-refractivity contribution in [2.75, 3.05) is 5.73 Å². The summed E-state index contributed by atoms with van der Waals surface area (Å²) < 4.78 is 12.1. The second-order valence-electron chi connectivity index (χ2n) is 1.70. The number of hydrogen-bond donors (Lipinski definition) is 2. The highest BCUT2D eigenvalue weighted by Crippen LogP contribution is 2.18. The van der Waals surface area contributed by atoms with Crippen molar-refractivity contribution in [3.8, 4) is 5.75 Å². The summed E-state index contributed by atoms with van der Waals surface area (Å²) in [7, 11) is 0. The fourth-order valence-electron chi connectivity index (χ4n) is 0.517. The number of halogens is 2. The van der Waals surface area contributed by atoms with Crippen molar-refractivity contribution in [2.24, 2.45) is 0 Å². The smallest absolute Gasteiger partial charge is 0.141 e. The highest BCUT2D eigenvalue weighted by Gasteiger charge is 1.95. The maximum absolute atomic E-state index is 12.1. The summed E-state index contributed by atoms with van der Waals surface area (Å²) >= 11 is 0. The lowest BCUT2D eigenvalue weighted by molar-refractivity contribution is 0.472. The Morgan fingerprint density at radius 3 is 2.40 bits per heavy atom. The van der Waals surface area contributed by atoms with Crippen LogP contribution >= 0.6 is 12.4 Å². The molecule has 3 N–H and O–H groups in total. The lowest BCUT2D eigenvalue weighted by Crippen LogP contribution is -1.84. The number of benzene rings is 1. The van der Waals surface area contributed by atoms with E-state index >= 15 is 0 Å². The van der Waals surface area contributed by atoms with E-state index in [0.29, 0.717) is 0 Å². The number of nitrogen functional groups attached to an aromatic ring is 1. The number of phenolic OH excluding ortho intramolecular Hbond substituents is 1. The Labute approximate surface area is 63.9 Å². The first-order valence-electron chi connectivity index (χ1n) is 2.44. The average Bonchev–Trinajstić information content (AvgIpc) is 1.80. The summed E-state index contributed by atoms with van der Waals surface area (Å²) in [6, 6.07) is 3.47. The van der Waals surface area contributed by atoms with Gasteiger partial charge in [0, 0.05) is 6.07 Å². The summed E-state index contributed by atoms with van der Waals surface area (Å²) in [6.07, 6.45) is 0. The lowest BCUT2D eigenvalue weighted by atomic mass is 10.3. The van der Waals surface area contributed by atoms with Gasteiger partial charge in [-0.25, -0.2) is 4.39 Å². The predicted octanol–water partition coefficient (Wildman–Crippen LogP) is 1.54. The Kier molecular flexibility index (Phi) is 2.96. The third-order valence-electron chi connectivity index (χ3n) is 0.992. The SMILES string of the molecule is Cl.Nc1ccc(F)cc1O. The molecule has 0 bridgehead atoms. The van der Waals surface area contributed by atoms with E-state index in [2.05, 4.69) is 0 Å². The fraction of sp³-hybridized carbons (Fsp3) is 0. The Hall–Kier alpha value is -0.960. The molecule has 0 spiro atoms. The van der Waals surface area contributed by atoms with E-state index in [1.807, 2.05) is 0 Å². The van der Waals surface area contributed by atoms with Gasteiger partial charge in [0.1, 0.15) is 11.6 Å². The Morgan fingerprint density at radius 1 is 1.40 bits per heavy atom. The van der Waals surface area contributed by atoms with Gasteiger partial charge in [0.05, 0.1) is 5.69 Å². The molecule has 0 aliphatic rings. The molecule has 0 heterocycles. The van der Waals surface area contributed by atoms with Crippen molar-refractivity contribution in [2.45, 2.75) is 0 Å². The molecule has 10 heavy (non-hydrogen) atoms. The molecule has 0 fully saturated rings. The normalized spacial score (nSPS) is 8.50. The molecule has 0 saturated carbocycles. The van der Waals surface area contributed by atoms with E-state index in [9.17, 15) is 4.39 Å². The van der Waals surface area contributed by atoms with Gasteiger partial charge in [0.25, 0.3) is 0 Å². The molecule has 0 aliphatic carbocycles. The van der Waals surface area contributed by atoms with Gasteiger partial charge < -0.3 is 10.8 Å². The van der Waals surface area contributed by atoms with E-state index in [1.165, 1.54) is 12.1 Å². The molecule has 56 valence electrons. The number of aromatic hydroxyl groups is 1. The minimum Gasteiger partial charge on any atom is -0.506 e. The van der Waals surface area contributed by atoms with Crippen LogP contribution in [0.25, 0.3) is 0 Å². The van der Waals surface area contributed by atoms with Crippen molar-refractivity contribution < 1.29 is 9.50 Å². The van der Waals surface area contributed by atoms with Crippen molar-refractivity contribution in [3.05, 3.63) is 24.0 Å². The van der Waals surface area contributed by atoms with Gasteiger partial charge in [-0.15, -0.1) is 12.4 Å². The first-order chi connectivity index (χ1) is 4.20. The minimum atomic E-state index is -0.485. The monoisotopic (exact) mass is 163 g/mol. The number of hydrogen-bond acceptors (Lipinski definition) is 2. The maximum Gasteiger partial charge on any atom is 0.141 e. The van der Waals surface area contributed by atoms with Crippen LogP contribution in [-0.4, -0.2) is 5.11 Å². The van der Waals surface area contributed by atoms with E-state index in [0.717, 1.165) is 6.07 Å². The fourth-order valence-corrected chi connectivity index (χ4v) is 0.517. The van der Waals surface area contributed by atoms with Crippen molar-refractivity contribution in [1.29, 1.82) is 0 Å². The molecule has 0 atom stereocenters. The quantitative estimate of drug-likeness (QED) is 0.450. The van der Waals surface area contributed by atoms with E-state index in [-0.39, 0.29) is 23.8 Å². The molecule has 0 aliphatic heterocycles. The first-order valence-corrected chi connectivity index (χ1v) is 2.44. The van der Waals surface area contributed by atoms with Crippen molar-refractivity contribution in [3.63, 3.8) is 0 Å². The highest BCUT2D eigenvalue weighted by atomic mass is 35.5.